The van der Waals surface area contributed by atoms with Crippen molar-refractivity contribution in [3.05, 3.63) is 65.7 Å². The molecule has 1 amide bonds. The van der Waals surface area contributed by atoms with Gasteiger partial charge in [0.2, 0.25) is 0 Å². The van der Waals surface area contributed by atoms with Crippen LogP contribution in [0.1, 0.15) is 15.9 Å². The molecule has 0 saturated heterocycles. The number of benzene rings is 2. The molecular formula is C16H11NO3. The van der Waals surface area contributed by atoms with Crippen LogP contribution < -0.4 is 5.32 Å². The molecule has 0 bridgehead atoms. The molecule has 20 heavy (non-hydrogen) atoms. The zero-order chi connectivity index (χ0) is 14.4. The maximum Gasteiger partial charge on any atom is 0.335 e. The summed E-state index contributed by atoms with van der Waals surface area (Å²) in [6, 6.07) is 15.1. The van der Waals surface area contributed by atoms with Gasteiger partial charge in [0.1, 0.15) is 0 Å². The van der Waals surface area contributed by atoms with E-state index in [0.29, 0.717) is 5.69 Å². The molecule has 0 spiro atoms. The van der Waals surface area contributed by atoms with E-state index in [1.54, 1.807) is 24.3 Å². The van der Waals surface area contributed by atoms with Gasteiger partial charge in [-0.05, 0) is 30.3 Å². The molecular weight excluding hydrogens is 254 g/mol. The van der Waals surface area contributed by atoms with Gasteiger partial charge < -0.3 is 10.4 Å². The minimum absolute atomic E-state index is 0.110. The van der Waals surface area contributed by atoms with Gasteiger partial charge in [-0.3, -0.25) is 4.79 Å². The number of amides is 1. The zero-order valence-corrected chi connectivity index (χ0v) is 10.5. The molecule has 0 aliphatic carbocycles. The first kappa shape index (κ1) is 13.4. The molecule has 0 aliphatic heterocycles. The molecule has 0 fully saturated rings. The number of carbonyl (C=O) groups excluding carboxylic acids is 1. The number of carbonyl (C=O) groups is 2. The van der Waals surface area contributed by atoms with Gasteiger partial charge in [-0.25, -0.2) is 4.79 Å². The minimum atomic E-state index is -1.04. The van der Waals surface area contributed by atoms with Crippen LogP contribution in [0, 0.1) is 11.8 Å². The van der Waals surface area contributed by atoms with Crippen LogP contribution in [0.3, 0.4) is 0 Å². The highest BCUT2D eigenvalue weighted by atomic mass is 16.4. The van der Waals surface area contributed by atoms with E-state index in [4.69, 9.17) is 5.11 Å². The lowest BCUT2D eigenvalue weighted by molar-refractivity contribution is -0.111. The highest BCUT2D eigenvalue weighted by Crippen LogP contribution is 2.10. The number of carboxylic acid groups (broad SMARTS) is 1. The van der Waals surface area contributed by atoms with Crippen LogP contribution >= 0.6 is 0 Å². The maximum absolute atomic E-state index is 11.6. The van der Waals surface area contributed by atoms with Crippen molar-refractivity contribution in [2.75, 3.05) is 5.32 Å². The van der Waals surface area contributed by atoms with Gasteiger partial charge >= 0.3 is 11.9 Å². The molecule has 0 aromatic heterocycles. The molecule has 2 rings (SSSR count). The molecule has 2 aromatic carbocycles. The smallest absolute Gasteiger partial charge is 0.335 e. The van der Waals surface area contributed by atoms with Crippen molar-refractivity contribution in [2.24, 2.45) is 0 Å². The van der Waals surface area contributed by atoms with Crippen LogP contribution in [0.4, 0.5) is 5.69 Å². The third-order valence-corrected chi connectivity index (χ3v) is 2.46. The van der Waals surface area contributed by atoms with Crippen LogP contribution in [0.15, 0.2) is 54.6 Å². The summed E-state index contributed by atoms with van der Waals surface area (Å²) < 4.78 is 0. The number of aromatic carboxylic acids is 1. The molecule has 0 radical (unpaired) electrons. The van der Waals surface area contributed by atoms with Crippen molar-refractivity contribution >= 4 is 17.6 Å². The highest BCUT2D eigenvalue weighted by molar-refractivity contribution is 6.04. The number of nitrogens with one attached hydrogen (secondary N) is 1. The lowest BCUT2D eigenvalue weighted by Crippen LogP contribution is -2.09. The van der Waals surface area contributed by atoms with E-state index in [2.05, 4.69) is 17.2 Å². The number of anilines is 1. The zero-order valence-electron chi connectivity index (χ0n) is 10.5. The summed E-state index contributed by atoms with van der Waals surface area (Å²) >= 11 is 0. The summed E-state index contributed by atoms with van der Waals surface area (Å²) in [4.78, 5) is 22.4. The third kappa shape index (κ3) is 3.72. The third-order valence-electron chi connectivity index (χ3n) is 2.46. The topological polar surface area (TPSA) is 66.4 Å². The van der Waals surface area contributed by atoms with Crippen molar-refractivity contribution in [1.82, 2.24) is 0 Å². The quantitative estimate of drug-likeness (QED) is 0.819. The summed E-state index contributed by atoms with van der Waals surface area (Å²) in [5.41, 5.74) is 1.25. The lowest BCUT2D eigenvalue weighted by Gasteiger charge is -2.01. The first-order valence-corrected chi connectivity index (χ1v) is 5.86. The molecule has 0 saturated carbocycles. The Morgan fingerprint density at radius 3 is 2.45 bits per heavy atom. The Morgan fingerprint density at radius 2 is 1.75 bits per heavy atom. The summed E-state index contributed by atoms with van der Waals surface area (Å²) in [5, 5.41) is 11.4. The predicted molar refractivity (Wildman–Crippen MR) is 75.4 cm³/mol. The van der Waals surface area contributed by atoms with E-state index < -0.39 is 11.9 Å². The summed E-state index contributed by atoms with van der Waals surface area (Å²) in [6.45, 7) is 0. The van der Waals surface area contributed by atoms with Gasteiger partial charge in [-0.15, -0.1) is 0 Å². The summed E-state index contributed by atoms with van der Waals surface area (Å²) in [6.07, 6.45) is 0. The van der Waals surface area contributed by atoms with Crippen LogP contribution in [0.25, 0.3) is 0 Å². The fraction of sp³-hybridized carbons (Fsp3) is 0. The average molecular weight is 265 g/mol. The van der Waals surface area contributed by atoms with Gasteiger partial charge in [-0.1, -0.05) is 30.2 Å². The van der Waals surface area contributed by atoms with E-state index >= 15 is 0 Å². The minimum Gasteiger partial charge on any atom is -0.478 e. The normalized spacial score (nSPS) is 9.20. The number of hydrogen-bond acceptors (Lipinski definition) is 2. The van der Waals surface area contributed by atoms with Gasteiger partial charge in [0, 0.05) is 17.2 Å². The second kappa shape index (κ2) is 6.21. The van der Waals surface area contributed by atoms with Gasteiger partial charge in [0.15, 0.2) is 0 Å². The highest BCUT2D eigenvalue weighted by Gasteiger charge is 2.04. The van der Waals surface area contributed by atoms with Crippen LogP contribution in [0.2, 0.25) is 0 Å². The average Bonchev–Trinajstić information content (AvgIpc) is 2.46. The number of hydrogen-bond donors (Lipinski definition) is 2. The molecule has 0 heterocycles. The molecule has 98 valence electrons. The molecule has 4 nitrogen and oxygen atoms in total. The second-order valence-electron chi connectivity index (χ2n) is 3.96. The summed E-state index contributed by atoms with van der Waals surface area (Å²) in [5.74, 6) is 3.64. The fourth-order valence-electron chi connectivity index (χ4n) is 1.54. The predicted octanol–water partition coefficient (Wildman–Crippen LogP) is 2.38. The molecule has 0 aliphatic rings. The standard InChI is InChI=1S/C16H11NO3/c18-15(10-9-12-5-2-1-3-6-12)17-14-8-4-7-13(11-14)16(19)20/h1-8,11H,(H,17,18)(H,19,20). The Hall–Kier alpha value is -3.06. The Kier molecular flexibility index (Phi) is 4.15. The SMILES string of the molecule is O=C(C#Cc1ccccc1)Nc1cccc(C(=O)O)c1. The van der Waals surface area contributed by atoms with Crippen molar-refractivity contribution in [3.8, 4) is 11.8 Å². The van der Waals surface area contributed by atoms with Crippen molar-refractivity contribution in [2.45, 2.75) is 0 Å². The van der Waals surface area contributed by atoms with Crippen molar-refractivity contribution in [3.63, 3.8) is 0 Å². The molecule has 0 atom stereocenters. The number of carboxylic acids is 1. The first-order chi connectivity index (χ1) is 9.65. The van der Waals surface area contributed by atoms with Gasteiger partial charge in [0.05, 0.1) is 5.56 Å². The van der Waals surface area contributed by atoms with E-state index in [1.807, 2.05) is 18.2 Å². The van der Waals surface area contributed by atoms with Crippen molar-refractivity contribution < 1.29 is 14.7 Å². The number of rotatable bonds is 2. The monoisotopic (exact) mass is 265 g/mol. The Labute approximate surface area is 116 Å². The fourth-order valence-corrected chi connectivity index (χ4v) is 1.54. The van der Waals surface area contributed by atoms with E-state index in [0.717, 1.165) is 5.56 Å². The van der Waals surface area contributed by atoms with Crippen LogP contribution in [0.5, 0.6) is 0 Å². The molecule has 2 N–H and O–H groups in total. The van der Waals surface area contributed by atoms with Crippen molar-refractivity contribution in [1.29, 1.82) is 0 Å². The molecule has 0 unspecified atom stereocenters. The summed E-state index contributed by atoms with van der Waals surface area (Å²) in [7, 11) is 0. The Balaban J connectivity index is 2.07. The van der Waals surface area contributed by atoms with Gasteiger partial charge in [-0.2, -0.15) is 0 Å². The second-order valence-corrected chi connectivity index (χ2v) is 3.96. The lowest BCUT2D eigenvalue weighted by atomic mass is 10.2. The van der Waals surface area contributed by atoms with Gasteiger partial charge in [0.25, 0.3) is 0 Å². The maximum atomic E-state index is 11.6. The molecule has 4 heteroatoms. The Morgan fingerprint density at radius 1 is 1.00 bits per heavy atom. The first-order valence-electron chi connectivity index (χ1n) is 5.86. The van der Waals surface area contributed by atoms with E-state index in [1.165, 1.54) is 12.1 Å². The largest absolute Gasteiger partial charge is 0.478 e. The van der Waals surface area contributed by atoms with Crippen LogP contribution in [-0.2, 0) is 4.79 Å². The van der Waals surface area contributed by atoms with Crippen LogP contribution in [-0.4, -0.2) is 17.0 Å². The Bertz CT molecular complexity index is 696. The van der Waals surface area contributed by atoms with E-state index in [9.17, 15) is 9.59 Å². The van der Waals surface area contributed by atoms with E-state index in [-0.39, 0.29) is 5.56 Å². The molecule has 2 aromatic rings.